The minimum absolute atomic E-state index is 0.0430. The zero-order valence-electron chi connectivity index (χ0n) is 16.2. The highest BCUT2D eigenvalue weighted by atomic mass is 32.2. The molecular weight excluding hydrogens is 423 g/mol. The molecule has 0 aliphatic carbocycles. The molecule has 0 saturated carbocycles. The summed E-state index contributed by atoms with van der Waals surface area (Å²) in [7, 11) is -3.88. The van der Waals surface area contributed by atoms with E-state index in [-0.39, 0.29) is 29.3 Å². The van der Waals surface area contributed by atoms with E-state index in [0.717, 1.165) is 5.56 Å². The van der Waals surface area contributed by atoms with Crippen molar-refractivity contribution in [2.24, 2.45) is 0 Å². The van der Waals surface area contributed by atoms with Gasteiger partial charge >= 0.3 is 6.18 Å². The summed E-state index contributed by atoms with van der Waals surface area (Å²) in [6.07, 6.45) is -2.71. The fraction of sp³-hybridized carbons (Fsp3) is 0.368. The van der Waals surface area contributed by atoms with Crippen molar-refractivity contribution in [1.29, 1.82) is 0 Å². The number of nitrogens with one attached hydrogen (secondary N) is 1. The summed E-state index contributed by atoms with van der Waals surface area (Å²) in [5.74, 6) is -0.365. The number of hydrogen-bond acceptors (Lipinski definition) is 5. The van der Waals surface area contributed by atoms with Crippen molar-refractivity contribution in [3.8, 4) is 5.88 Å². The summed E-state index contributed by atoms with van der Waals surface area (Å²) >= 11 is 0. The largest absolute Gasteiger partial charge is 0.468 e. The Labute approximate surface area is 171 Å². The Balaban J connectivity index is 1.71. The van der Waals surface area contributed by atoms with Gasteiger partial charge in [0, 0.05) is 37.5 Å². The van der Waals surface area contributed by atoms with Crippen molar-refractivity contribution in [3.05, 3.63) is 47.7 Å². The molecule has 1 aliphatic heterocycles. The van der Waals surface area contributed by atoms with E-state index < -0.39 is 22.8 Å². The topological polar surface area (TPSA) is 88.6 Å². The second-order valence-electron chi connectivity index (χ2n) is 6.96. The van der Waals surface area contributed by atoms with Gasteiger partial charge in [0.25, 0.3) is 0 Å². The molecule has 1 N–H and O–H groups in total. The molecule has 0 saturated heterocycles. The van der Waals surface area contributed by atoms with Crippen LogP contribution in [0.1, 0.15) is 25.0 Å². The zero-order chi connectivity index (χ0) is 22.1. The number of benzene rings is 1. The van der Waals surface area contributed by atoms with E-state index in [1.807, 2.05) is 6.92 Å². The average molecular weight is 443 g/mol. The Morgan fingerprint density at radius 2 is 2.03 bits per heavy atom. The molecule has 2 heterocycles. The van der Waals surface area contributed by atoms with Crippen LogP contribution in [0.3, 0.4) is 0 Å². The number of hydrogen-bond donors (Lipinski definition) is 1. The van der Waals surface area contributed by atoms with Gasteiger partial charge in [0.05, 0.1) is 4.90 Å². The maximum Gasteiger partial charge on any atom is 0.422 e. The molecule has 30 heavy (non-hydrogen) atoms. The maximum atomic E-state index is 12.7. The van der Waals surface area contributed by atoms with E-state index in [9.17, 15) is 26.4 Å². The summed E-state index contributed by atoms with van der Waals surface area (Å²) in [4.78, 5) is 17.2. The third kappa shape index (κ3) is 5.08. The molecule has 11 heteroatoms. The molecule has 0 fully saturated rings. The highest BCUT2D eigenvalue weighted by Gasteiger charge is 2.30. The van der Waals surface area contributed by atoms with Gasteiger partial charge in [-0.3, -0.25) is 4.79 Å². The van der Waals surface area contributed by atoms with Gasteiger partial charge in [-0.05, 0) is 48.7 Å². The first-order chi connectivity index (χ1) is 14.0. The molecule has 1 atom stereocenters. The van der Waals surface area contributed by atoms with Gasteiger partial charge in [0.1, 0.15) is 0 Å². The Morgan fingerprint density at radius 3 is 2.70 bits per heavy atom. The second kappa shape index (κ2) is 8.23. The molecule has 1 aromatic carbocycles. The smallest absolute Gasteiger partial charge is 0.422 e. The first kappa shape index (κ1) is 22.0. The van der Waals surface area contributed by atoms with Gasteiger partial charge in [-0.25, -0.2) is 18.1 Å². The molecule has 3 rings (SSSR count). The van der Waals surface area contributed by atoms with E-state index in [2.05, 4.69) is 14.4 Å². The zero-order valence-corrected chi connectivity index (χ0v) is 17.0. The number of carbonyl (C=O) groups is 1. The van der Waals surface area contributed by atoms with Crippen molar-refractivity contribution >= 4 is 21.6 Å². The number of fused-ring (bicyclic) bond motifs is 1. The Kier molecular flexibility index (Phi) is 6.04. The number of pyridine rings is 1. The number of nitrogens with zero attached hydrogens (tertiary/aromatic N) is 2. The number of aromatic nitrogens is 1. The number of amides is 1. The molecule has 162 valence electrons. The number of sulfonamides is 1. The van der Waals surface area contributed by atoms with E-state index in [1.54, 1.807) is 11.0 Å². The van der Waals surface area contributed by atoms with E-state index >= 15 is 0 Å². The first-order valence-corrected chi connectivity index (χ1v) is 10.5. The van der Waals surface area contributed by atoms with Crippen molar-refractivity contribution < 1.29 is 31.1 Å². The number of rotatable bonds is 6. The molecular formula is C19H20F3N3O4S. The highest BCUT2D eigenvalue weighted by Crippen LogP contribution is 2.33. The predicted octanol–water partition coefficient (Wildman–Crippen LogP) is 2.80. The number of ether oxygens (including phenoxy) is 1. The lowest BCUT2D eigenvalue weighted by molar-refractivity contribution is -0.154. The summed E-state index contributed by atoms with van der Waals surface area (Å²) in [6.45, 7) is 1.70. The van der Waals surface area contributed by atoms with Crippen LogP contribution in [-0.2, 0) is 27.8 Å². The van der Waals surface area contributed by atoms with Gasteiger partial charge in [-0.2, -0.15) is 13.2 Å². The Hall–Kier alpha value is -2.66. The number of alkyl halides is 3. The molecule has 0 bridgehead atoms. The van der Waals surface area contributed by atoms with Crippen LogP contribution < -0.4 is 14.4 Å². The Morgan fingerprint density at radius 1 is 1.30 bits per heavy atom. The normalized spacial score (nSPS) is 16.4. The summed E-state index contributed by atoms with van der Waals surface area (Å²) in [6, 6.07) is 7.20. The first-order valence-electron chi connectivity index (χ1n) is 9.03. The summed E-state index contributed by atoms with van der Waals surface area (Å²) in [5, 5.41) is 0. The molecule has 1 amide bonds. The SMILES string of the molecule is CC(=O)N1c2ccc(S(=O)(=O)NCc3ccnc(OCC(F)(F)F)c3)cc2CC1C. The van der Waals surface area contributed by atoms with Crippen molar-refractivity contribution in [2.45, 2.75) is 43.9 Å². The molecule has 7 nitrogen and oxygen atoms in total. The number of carbonyl (C=O) groups excluding carboxylic acids is 1. The molecule has 0 radical (unpaired) electrons. The Bertz CT molecular complexity index is 1060. The lowest BCUT2D eigenvalue weighted by atomic mass is 10.1. The lowest BCUT2D eigenvalue weighted by Crippen LogP contribution is -2.33. The third-order valence-electron chi connectivity index (χ3n) is 4.57. The van der Waals surface area contributed by atoms with Crippen LogP contribution in [0, 0.1) is 0 Å². The van der Waals surface area contributed by atoms with Gasteiger partial charge < -0.3 is 9.64 Å². The maximum absolute atomic E-state index is 12.7. The molecule has 2 aromatic rings. The van der Waals surface area contributed by atoms with Gasteiger partial charge in [0.2, 0.25) is 21.8 Å². The van der Waals surface area contributed by atoms with Crippen molar-refractivity contribution in [1.82, 2.24) is 9.71 Å². The van der Waals surface area contributed by atoms with E-state index in [1.165, 1.54) is 37.4 Å². The van der Waals surface area contributed by atoms with Gasteiger partial charge in [-0.15, -0.1) is 0 Å². The number of halogens is 3. The predicted molar refractivity (Wildman–Crippen MR) is 103 cm³/mol. The lowest BCUT2D eigenvalue weighted by Gasteiger charge is -2.20. The minimum Gasteiger partial charge on any atom is -0.468 e. The standard InChI is InChI=1S/C19H20F3N3O4S/c1-12-7-15-9-16(3-4-17(15)25(12)13(2)26)30(27,28)24-10-14-5-6-23-18(8-14)29-11-19(20,21)22/h3-6,8-9,12,24H,7,10-11H2,1-2H3. The quantitative estimate of drug-likeness (QED) is 0.742. The van der Waals surface area contributed by atoms with Gasteiger partial charge in [0.15, 0.2) is 6.61 Å². The fourth-order valence-corrected chi connectivity index (χ4v) is 4.38. The summed E-state index contributed by atoms with van der Waals surface area (Å²) in [5.41, 5.74) is 1.84. The van der Waals surface area contributed by atoms with Gasteiger partial charge in [-0.1, -0.05) is 0 Å². The van der Waals surface area contributed by atoms with Crippen LogP contribution in [0.4, 0.5) is 18.9 Å². The number of anilines is 1. The molecule has 0 spiro atoms. The van der Waals surface area contributed by atoms with E-state index in [0.29, 0.717) is 17.7 Å². The van der Waals surface area contributed by atoms with Crippen molar-refractivity contribution in [2.75, 3.05) is 11.5 Å². The minimum atomic E-state index is -4.50. The average Bonchev–Trinajstić information content (AvgIpc) is 2.99. The fourth-order valence-electron chi connectivity index (χ4n) is 3.31. The second-order valence-corrected chi connectivity index (χ2v) is 8.73. The van der Waals surface area contributed by atoms with E-state index in [4.69, 9.17) is 0 Å². The van der Waals surface area contributed by atoms with Crippen LogP contribution in [-0.4, -0.2) is 38.1 Å². The van der Waals surface area contributed by atoms with Crippen LogP contribution in [0.5, 0.6) is 5.88 Å². The van der Waals surface area contributed by atoms with Crippen LogP contribution in [0.2, 0.25) is 0 Å². The third-order valence-corrected chi connectivity index (χ3v) is 5.96. The molecule has 1 aliphatic rings. The van der Waals surface area contributed by atoms with Crippen molar-refractivity contribution in [3.63, 3.8) is 0 Å². The molecule has 1 aromatic heterocycles. The highest BCUT2D eigenvalue weighted by molar-refractivity contribution is 7.89. The van der Waals surface area contributed by atoms with Crippen LogP contribution in [0.25, 0.3) is 0 Å². The van der Waals surface area contributed by atoms with Crippen LogP contribution in [0.15, 0.2) is 41.4 Å². The molecule has 1 unspecified atom stereocenters. The monoisotopic (exact) mass is 443 g/mol. The summed E-state index contributed by atoms with van der Waals surface area (Å²) < 4.78 is 69.1. The van der Waals surface area contributed by atoms with Crippen LogP contribution >= 0.6 is 0 Å².